The summed E-state index contributed by atoms with van der Waals surface area (Å²) in [6, 6.07) is 24.0. The number of aromatic nitrogens is 1. The van der Waals surface area contributed by atoms with Crippen molar-refractivity contribution in [2.75, 3.05) is 13.2 Å². The second-order valence-corrected chi connectivity index (χ2v) is 10.7. The Hall–Kier alpha value is -4.43. The van der Waals surface area contributed by atoms with E-state index in [1.807, 2.05) is 106 Å². The normalized spacial score (nSPS) is 15.0. The number of fused-ring (bicyclic) bond motifs is 1. The first-order chi connectivity index (χ1) is 19.9. The number of carbonyl (C=O) groups is 1. The van der Waals surface area contributed by atoms with Gasteiger partial charge in [0.1, 0.15) is 0 Å². The van der Waals surface area contributed by atoms with Crippen molar-refractivity contribution in [3.05, 3.63) is 121 Å². The van der Waals surface area contributed by atoms with Gasteiger partial charge in [-0.15, -0.1) is 0 Å². The number of ether oxygens (including phenoxy) is 3. The lowest BCUT2D eigenvalue weighted by molar-refractivity contribution is -0.138. The minimum atomic E-state index is -0.704. The number of thiazole rings is 1. The molecule has 2 heterocycles. The van der Waals surface area contributed by atoms with Crippen LogP contribution in [0.1, 0.15) is 50.4 Å². The van der Waals surface area contributed by atoms with Crippen molar-refractivity contribution in [1.29, 1.82) is 0 Å². The second kappa shape index (κ2) is 12.4. The molecule has 0 amide bonds. The van der Waals surface area contributed by atoms with E-state index < -0.39 is 12.0 Å². The van der Waals surface area contributed by atoms with Crippen molar-refractivity contribution in [2.24, 2.45) is 4.99 Å². The molecule has 1 aliphatic heterocycles. The molecule has 0 spiro atoms. The van der Waals surface area contributed by atoms with E-state index in [-0.39, 0.29) is 18.3 Å². The summed E-state index contributed by atoms with van der Waals surface area (Å²) in [7, 11) is 0. The summed E-state index contributed by atoms with van der Waals surface area (Å²) in [6.07, 6.45) is 1.82. The maximum Gasteiger partial charge on any atom is 0.338 e. The van der Waals surface area contributed by atoms with E-state index in [4.69, 9.17) is 19.2 Å². The molecule has 8 heteroatoms. The molecule has 0 radical (unpaired) electrons. The lowest BCUT2D eigenvalue weighted by Gasteiger charge is -2.25. The summed E-state index contributed by atoms with van der Waals surface area (Å²) < 4.78 is 19.3. The lowest BCUT2D eigenvalue weighted by Crippen LogP contribution is -2.39. The highest BCUT2D eigenvalue weighted by Crippen LogP contribution is 2.35. The van der Waals surface area contributed by atoms with Gasteiger partial charge in [0.05, 0.1) is 41.2 Å². The van der Waals surface area contributed by atoms with Crippen LogP contribution in [0.5, 0.6) is 11.5 Å². The highest BCUT2D eigenvalue weighted by molar-refractivity contribution is 7.07. The van der Waals surface area contributed by atoms with Crippen LogP contribution in [0.4, 0.5) is 0 Å². The van der Waals surface area contributed by atoms with Gasteiger partial charge in [0, 0.05) is 5.56 Å². The van der Waals surface area contributed by atoms with Crippen molar-refractivity contribution < 1.29 is 19.0 Å². The summed E-state index contributed by atoms with van der Waals surface area (Å²) in [5.41, 5.74) is 2.95. The van der Waals surface area contributed by atoms with E-state index in [0.29, 0.717) is 38.7 Å². The van der Waals surface area contributed by atoms with E-state index in [2.05, 4.69) is 0 Å². The number of benzene rings is 3. The molecule has 41 heavy (non-hydrogen) atoms. The van der Waals surface area contributed by atoms with Gasteiger partial charge in [-0.3, -0.25) is 9.36 Å². The fourth-order valence-corrected chi connectivity index (χ4v) is 5.78. The summed E-state index contributed by atoms with van der Waals surface area (Å²) in [6.45, 7) is 8.29. The van der Waals surface area contributed by atoms with Crippen LogP contribution in [0, 0.1) is 0 Å². The molecule has 1 atom stereocenters. The third kappa shape index (κ3) is 5.88. The van der Waals surface area contributed by atoms with Crippen LogP contribution in [-0.4, -0.2) is 29.9 Å². The standard InChI is InChI=1S/C33H32N2O5S/c1-5-38-26-19-22(17-18-25(26)40-21(3)4)20-27-31(36)35-30(24-15-11-8-12-16-24)28(32(37)39-6-2)29(34-33(35)41-27)23-13-9-7-10-14-23/h7-21,30H,5-6H2,1-4H3/b27-20-/t30-/m1/s1. The fourth-order valence-electron chi connectivity index (χ4n) is 4.78. The summed E-state index contributed by atoms with van der Waals surface area (Å²) in [4.78, 5) is 32.9. The number of rotatable bonds is 9. The van der Waals surface area contributed by atoms with Gasteiger partial charge in [0.2, 0.25) is 0 Å². The van der Waals surface area contributed by atoms with Crippen molar-refractivity contribution in [3.8, 4) is 11.5 Å². The Kier molecular flexibility index (Phi) is 8.50. The average Bonchev–Trinajstić information content (AvgIpc) is 3.28. The first-order valence-corrected chi connectivity index (χ1v) is 14.5. The van der Waals surface area contributed by atoms with Crippen molar-refractivity contribution >= 4 is 29.1 Å². The molecule has 0 unspecified atom stereocenters. The van der Waals surface area contributed by atoms with Crippen LogP contribution in [-0.2, 0) is 9.53 Å². The van der Waals surface area contributed by atoms with Gasteiger partial charge in [-0.25, -0.2) is 9.79 Å². The van der Waals surface area contributed by atoms with Crippen molar-refractivity contribution in [2.45, 2.75) is 39.8 Å². The van der Waals surface area contributed by atoms with Gasteiger partial charge in [-0.2, -0.15) is 0 Å². The van der Waals surface area contributed by atoms with Crippen LogP contribution in [0.3, 0.4) is 0 Å². The topological polar surface area (TPSA) is 79.1 Å². The molecule has 0 bridgehead atoms. The predicted octanol–water partition coefficient (Wildman–Crippen LogP) is 5.12. The summed E-state index contributed by atoms with van der Waals surface area (Å²) in [5, 5.41) is 0. The van der Waals surface area contributed by atoms with Crippen LogP contribution in [0.15, 0.2) is 94.2 Å². The number of carbonyl (C=O) groups excluding carboxylic acids is 1. The third-order valence-corrected chi connectivity index (χ3v) is 7.40. The molecule has 210 valence electrons. The molecule has 0 saturated heterocycles. The first kappa shape index (κ1) is 28.1. The van der Waals surface area contributed by atoms with Crippen molar-refractivity contribution in [3.63, 3.8) is 0 Å². The zero-order chi connectivity index (χ0) is 28.9. The average molecular weight is 569 g/mol. The van der Waals surface area contributed by atoms with Gasteiger partial charge >= 0.3 is 5.97 Å². The molecule has 5 rings (SSSR count). The molecule has 1 aliphatic rings. The van der Waals surface area contributed by atoms with Crippen LogP contribution in [0.2, 0.25) is 0 Å². The number of nitrogens with zero attached hydrogens (tertiary/aromatic N) is 2. The Labute approximate surface area is 242 Å². The maximum absolute atomic E-state index is 14.0. The Morgan fingerprint density at radius 2 is 1.68 bits per heavy atom. The lowest BCUT2D eigenvalue weighted by atomic mass is 9.93. The highest BCUT2D eigenvalue weighted by atomic mass is 32.1. The third-order valence-electron chi connectivity index (χ3n) is 6.42. The fraction of sp³-hybridized carbons (Fsp3) is 0.242. The van der Waals surface area contributed by atoms with Crippen molar-refractivity contribution in [1.82, 2.24) is 4.57 Å². The Bertz CT molecular complexity index is 1750. The van der Waals surface area contributed by atoms with Gasteiger partial charge < -0.3 is 14.2 Å². The van der Waals surface area contributed by atoms with Crippen LogP contribution < -0.4 is 24.4 Å². The molecule has 0 saturated carbocycles. The summed E-state index contributed by atoms with van der Waals surface area (Å²) in [5.74, 6) is 0.761. The van der Waals surface area contributed by atoms with E-state index in [0.717, 1.165) is 16.7 Å². The van der Waals surface area contributed by atoms with Gasteiger partial charge in [0.15, 0.2) is 16.3 Å². The monoisotopic (exact) mass is 568 g/mol. The molecule has 3 aromatic carbocycles. The first-order valence-electron chi connectivity index (χ1n) is 13.7. The highest BCUT2D eigenvalue weighted by Gasteiger charge is 2.35. The van der Waals surface area contributed by atoms with Gasteiger partial charge in [0.25, 0.3) is 5.56 Å². The zero-order valence-corrected chi connectivity index (χ0v) is 24.3. The number of hydrogen-bond acceptors (Lipinski definition) is 7. The van der Waals surface area contributed by atoms with E-state index in [9.17, 15) is 9.59 Å². The molecule has 7 nitrogen and oxygen atoms in total. The van der Waals surface area contributed by atoms with Crippen LogP contribution in [0.25, 0.3) is 11.8 Å². The minimum absolute atomic E-state index is 0.00543. The Morgan fingerprint density at radius 3 is 2.34 bits per heavy atom. The molecule has 0 N–H and O–H groups in total. The Morgan fingerprint density at radius 1 is 0.976 bits per heavy atom. The molecule has 4 aromatic rings. The Balaban J connectivity index is 1.74. The molecular weight excluding hydrogens is 536 g/mol. The smallest absolute Gasteiger partial charge is 0.338 e. The maximum atomic E-state index is 14.0. The molecular formula is C33H32N2O5S. The van der Waals surface area contributed by atoms with Crippen LogP contribution >= 0.6 is 11.3 Å². The molecule has 0 aliphatic carbocycles. The number of hydrogen-bond donors (Lipinski definition) is 0. The SMILES string of the molecule is CCOC(=O)C1=C(c2ccccc2)N=c2s/c(=C\c3ccc(OC(C)C)c(OCC)c3)c(=O)n2[C@@H]1c1ccccc1. The van der Waals surface area contributed by atoms with E-state index in [1.54, 1.807) is 11.5 Å². The largest absolute Gasteiger partial charge is 0.490 e. The predicted molar refractivity (Wildman–Crippen MR) is 161 cm³/mol. The molecule has 1 aromatic heterocycles. The zero-order valence-electron chi connectivity index (χ0n) is 23.5. The number of esters is 1. The van der Waals surface area contributed by atoms with Gasteiger partial charge in [-0.1, -0.05) is 78.1 Å². The molecule has 0 fully saturated rings. The quantitative estimate of drug-likeness (QED) is 0.262. The van der Waals surface area contributed by atoms with E-state index in [1.165, 1.54) is 11.3 Å². The second-order valence-electron chi connectivity index (χ2n) is 9.65. The van der Waals surface area contributed by atoms with E-state index >= 15 is 0 Å². The van der Waals surface area contributed by atoms with Gasteiger partial charge in [-0.05, 0) is 57.0 Å². The minimum Gasteiger partial charge on any atom is -0.490 e. The summed E-state index contributed by atoms with van der Waals surface area (Å²) >= 11 is 1.28.